The van der Waals surface area contributed by atoms with Crippen molar-refractivity contribution in [2.45, 2.75) is 26.3 Å². The Morgan fingerprint density at radius 1 is 1.00 bits per heavy atom. The normalized spacial score (nSPS) is 21.1. The predicted molar refractivity (Wildman–Crippen MR) is 111 cm³/mol. The molecular weight excluding hydrogens is 336 g/mol. The summed E-state index contributed by atoms with van der Waals surface area (Å²) in [6, 6.07) is 7.84. The average molecular weight is 369 g/mol. The van der Waals surface area contributed by atoms with Gasteiger partial charge in [-0.1, -0.05) is 11.6 Å². The third-order valence-electron chi connectivity index (χ3n) is 6.25. The molecule has 0 unspecified atom stereocenters. The van der Waals surface area contributed by atoms with E-state index in [-0.39, 0.29) is 5.43 Å². The lowest BCUT2D eigenvalue weighted by Crippen LogP contribution is -2.48. The number of aromatic nitrogens is 1. The minimum atomic E-state index is 0.128. The van der Waals surface area contributed by atoms with Crippen LogP contribution in [-0.4, -0.2) is 72.5 Å². The molecule has 3 heterocycles. The molecule has 1 N–H and O–H groups in total. The van der Waals surface area contributed by atoms with Crippen molar-refractivity contribution in [1.29, 1.82) is 0 Å². The van der Waals surface area contributed by atoms with Crippen molar-refractivity contribution < 1.29 is 0 Å². The van der Waals surface area contributed by atoms with Gasteiger partial charge in [0.05, 0.1) is 0 Å². The van der Waals surface area contributed by atoms with Crippen molar-refractivity contribution in [3.8, 4) is 0 Å². The Labute approximate surface area is 162 Å². The van der Waals surface area contributed by atoms with Crippen LogP contribution in [0.1, 0.15) is 24.1 Å². The van der Waals surface area contributed by atoms with Gasteiger partial charge in [-0.2, -0.15) is 0 Å². The van der Waals surface area contributed by atoms with E-state index >= 15 is 0 Å². The number of pyridine rings is 1. The Morgan fingerprint density at radius 2 is 1.70 bits per heavy atom. The van der Waals surface area contributed by atoms with Crippen LogP contribution in [0.25, 0.3) is 10.9 Å². The summed E-state index contributed by atoms with van der Waals surface area (Å²) in [6.45, 7) is 11.1. The fourth-order valence-corrected chi connectivity index (χ4v) is 4.48. The van der Waals surface area contributed by atoms with Crippen LogP contribution >= 0.6 is 0 Å². The number of rotatable bonds is 4. The molecular formula is C22H32N4O. The molecule has 2 saturated heterocycles. The molecule has 27 heavy (non-hydrogen) atoms. The number of aryl methyl sites for hydroxylation is 1. The number of H-pyrrole nitrogens is 1. The monoisotopic (exact) mass is 368 g/mol. The van der Waals surface area contributed by atoms with Gasteiger partial charge in [0.1, 0.15) is 0 Å². The molecule has 5 nitrogen and oxygen atoms in total. The Morgan fingerprint density at radius 3 is 2.44 bits per heavy atom. The van der Waals surface area contributed by atoms with Gasteiger partial charge in [-0.05, 0) is 58.0 Å². The zero-order chi connectivity index (χ0) is 18.8. The van der Waals surface area contributed by atoms with Crippen LogP contribution in [0.4, 0.5) is 0 Å². The molecule has 146 valence electrons. The van der Waals surface area contributed by atoms with Crippen LogP contribution in [0, 0.1) is 12.8 Å². The number of piperazine rings is 1. The van der Waals surface area contributed by atoms with Gasteiger partial charge < -0.3 is 14.8 Å². The first-order chi connectivity index (χ1) is 13.1. The second-order valence-corrected chi connectivity index (χ2v) is 8.53. The zero-order valence-corrected chi connectivity index (χ0v) is 16.7. The van der Waals surface area contributed by atoms with Gasteiger partial charge in [-0.25, -0.2) is 0 Å². The van der Waals surface area contributed by atoms with Crippen LogP contribution in [0.15, 0.2) is 29.1 Å². The van der Waals surface area contributed by atoms with Crippen molar-refractivity contribution in [2.24, 2.45) is 5.92 Å². The molecule has 0 aliphatic carbocycles. The number of hydrogen-bond donors (Lipinski definition) is 1. The van der Waals surface area contributed by atoms with E-state index in [0.29, 0.717) is 0 Å². The summed E-state index contributed by atoms with van der Waals surface area (Å²) in [6.07, 6.45) is 2.68. The third kappa shape index (κ3) is 4.60. The summed E-state index contributed by atoms with van der Waals surface area (Å²) >= 11 is 0. The summed E-state index contributed by atoms with van der Waals surface area (Å²) in [4.78, 5) is 23.5. The summed E-state index contributed by atoms with van der Waals surface area (Å²) in [5, 5.41) is 0.793. The second-order valence-electron chi connectivity index (χ2n) is 8.53. The number of nitrogens with one attached hydrogen (secondary N) is 1. The van der Waals surface area contributed by atoms with Crippen molar-refractivity contribution in [1.82, 2.24) is 19.7 Å². The quantitative estimate of drug-likeness (QED) is 0.899. The predicted octanol–water partition coefficient (Wildman–Crippen LogP) is 2.30. The second kappa shape index (κ2) is 8.13. The number of likely N-dealkylation sites (tertiary alicyclic amines) is 1. The number of nitrogens with zero attached hydrogens (tertiary/aromatic N) is 3. The molecule has 2 aliphatic heterocycles. The maximum absolute atomic E-state index is 12.4. The van der Waals surface area contributed by atoms with Gasteiger partial charge in [0.25, 0.3) is 0 Å². The van der Waals surface area contributed by atoms with Crippen LogP contribution in [-0.2, 0) is 6.54 Å². The Kier molecular flexibility index (Phi) is 5.62. The standard InChI is InChI=1S/C22H32N4O/c1-17-3-4-21-20(13-17)22(27)14-19(23-21)16-26-11-9-25(10-12-26)15-18-5-7-24(2)8-6-18/h3-4,13-14,18H,5-12,15-16H2,1-2H3,(H,23,27). The van der Waals surface area contributed by atoms with E-state index < -0.39 is 0 Å². The fourth-order valence-electron chi connectivity index (χ4n) is 4.48. The minimum absolute atomic E-state index is 0.128. The van der Waals surface area contributed by atoms with Gasteiger partial charge >= 0.3 is 0 Å². The Balaban J connectivity index is 1.32. The van der Waals surface area contributed by atoms with Crippen molar-refractivity contribution in [3.05, 3.63) is 45.7 Å². The van der Waals surface area contributed by atoms with Gasteiger partial charge in [-0.15, -0.1) is 0 Å². The smallest absolute Gasteiger partial charge is 0.189 e. The molecule has 1 aromatic carbocycles. The number of fused-ring (bicyclic) bond motifs is 1. The molecule has 0 amide bonds. The Bertz CT molecular complexity index is 830. The highest BCUT2D eigenvalue weighted by Crippen LogP contribution is 2.18. The first-order valence-corrected chi connectivity index (χ1v) is 10.3. The highest BCUT2D eigenvalue weighted by atomic mass is 16.1. The van der Waals surface area contributed by atoms with E-state index in [1.165, 1.54) is 32.5 Å². The molecule has 0 bridgehead atoms. The van der Waals surface area contributed by atoms with Crippen LogP contribution in [0.3, 0.4) is 0 Å². The maximum Gasteiger partial charge on any atom is 0.189 e. The average Bonchev–Trinajstić information content (AvgIpc) is 2.66. The molecule has 4 rings (SSSR count). The van der Waals surface area contributed by atoms with E-state index in [0.717, 1.165) is 60.8 Å². The summed E-state index contributed by atoms with van der Waals surface area (Å²) in [7, 11) is 2.23. The molecule has 1 aromatic heterocycles. The molecule has 2 fully saturated rings. The van der Waals surface area contributed by atoms with Gasteiger partial charge in [-0.3, -0.25) is 9.69 Å². The van der Waals surface area contributed by atoms with Gasteiger partial charge in [0.2, 0.25) is 0 Å². The Hall–Kier alpha value is -1.69. The SMILES string of the molecule is Cc1ccc2[nH]c(CN3CCN(CC4CCN(C)CC4)CC3)cc(=O)c2c1. The van der Waals surface area contributed by atoms with E-state index in [1.807, 2.05) is 19.1 Å². The van der Waals surface area contributed by atoms with E-state index in [1.54, 1.807) is 6.07 Å². The first kappa shape index (κ1) is 18.7. The highest BCUT2D eigenvalue weighted by Gasteiger charge is 2.23. The fraction of sp³-hybridized carbons (Fsp3) is 0.591. The van der Waals surface area contributed by atoms with Crippen molar-refractivity contribution in [2.75, 3.05) is 52.9 Å². The van der Waals surface area contributed by atoms with Crippen LogP contribution in [0.5, 0.6) is 0 Å². The van der Waals surface area contributed by atoms with E-state index in [4.69, 9.17) is 0 Å². The van der Waals surface area contributed by atoms with Crippen LogP contribution < -0.4 is 5.43 Å². The van der Waals surface area contributed by atoms with Gasteiger partial charge in [0.15, 0.2) is 5.43 Å². The molecule has 2 aromatic rings. The van der Waals surface area contributed by atoms with Crippen LogP contribution in [0.2, 0.25) is 0 Å². The van der Waals surface area contributed by atoms with Gasteiger partial charge in [0, 0.05) is 61.9 Å². The van der Waals surface area contributed by atoms with Crippen molar-refractivity contribution >= 4 is 10.9 Å². The number of benzene rings is 1. The molecule has 0 atom stereocenters. The third-order valence-corrected chi connectivity index (χ3v) is 6.25. The lowest BCUT2D eigenvalue weighted by Gasteiger charge is -2.38. The topological polar surface area (TPSA) is 42.6 Å². The molecule has 0 spiro atoms. The molecule has 5 heteroatoms. The number of piperidine rings is 1. The maximum atomic E-state index is 12.4. The largest absolute Gasteiger partial charge is 0.357 e. The van der Waals surface area contributed by atoms with E-state index in [2.05, 4.69) is 32.8 Å². The highest BCUT2D eigenvalue weighted by molar-refractivity contribution is 5.79. The summed E-state index contributed by atoms with van der Waals surface area (Å²) in [5.41, 5.74) is 3.23. The molecule has 0 saturated carbocycles. The first-order valence-electron chi connectivity index (χ1n) is 10.3. The zero-order valence-electron chi connectivity index (χ0n) is 16.7. The minimum Gasteiger partial charge on any atom is -0.357 e. The molecule has 0 radical (unpaired) electrons. The lowest BCUT2D eigenvalue weighted by molar-refractivity contribution is 0.0958. The number of aromatic amines is 1. The summed E-state index contributed by atoms with van der Waals surface area (Å²) in [5.74, 6) is 0.869. The molecule has 2 aliphatic rings. The lowest BCUT2D eigenvalue weighted by atomic mass is 9.96. The number of hydrogen-bond acceptors (Lipinski definition) is 4. The summed E-state index contributed by atoms with van der Waals surface area (Å²) < 4.78 is 0. The van der Waals surface area contributed by atoms with E-state index in [9.17, 15) is 4.79 Å². The van der Waals surface area contributed by atoms with Crippen molar-refractivity contribution in [3.63, 3.8) is 0 Å².